The molecule has 3 aromatic rings. The number of hydrogen-bond donors (Lipinski definition) is 2. The van der Waals surface area contributed by atoms with Gasteiger partial charge in [-0.05, 0) is 47.7 Å². The molecular formula is C17H17ClN2. The molecule has 0 aliphatic rings. The molecule has 3 rings (SSSR count). The van der Waals surface area contributed by atoms with Gasteiger partial charge in [0.2, 0.25) is 0 Å². The lowest BCUT2D eigenvalue weighted by atomic mass is 10.1. The van der Waals surface area contributed by atoms with E-state index < -0.39 is 0 Å². The number of aromatic nitrogens is 1. The van der Waals surface area contributed by atoms with E-state index in [1.165, 1.54) is 22.0 Å². The van der Waals surface area contributed by atoms with Crippen molar-refractivity contribution in [1.82, 2.24) is 10.3 Å². The summed E-state index contributed by atoms with van der Waals surface area (Å²) >= 11 is 5.87. The predicted molar refractivity (Wildman–Crippen MR) is 85.2 cm³/mol. The number of aromatic amines is 1. The zero-order valence-electron chi connectivity index (χ0n) is 11.2. The van der Waals surface area contributed by atoms with Gasteiger partial charge in [-0.2, -0.15) is 0 Å². The van der Waals surface area contributed by atoms with E-state index in [0.29, 0.717) is 0 Å². The lowest BCUT2D eigenvalue weighted by molar-refractivity contribution is 0.688. The number of halogens is 1. The molecule has 0 amide bonds. The van der Waals surface area contributed by atoms with E-state index >= 15 is 0 Å². The maximum Gasteiger partial charge on any atom is 0.0486 e. The van der Waals surface area contributed by atoms with Crippen LogP contribution in [0.1, 0.15) is 11.1 Å². The number of nitrogens with one attached hydrogen (secondary N) is 2. The third-order valence-corrected chi connectivity index (χ3v) is 3.74. The Morgan fingerprint density at radius 3 is 2.70 bits per heavy atom. The maximum absolute atomic E-state index is 5.87. The highest BCUT2D eigenvalue weighted by Gasteiger charge is 2.01. The summed E-state index contributed by atoms with van der Waals surface area (Å²) < 4.78 is 0. The Bertz CT molecular complexity index is 686. The number of H-pyrrole nitrogens is 1. The first-order valence-electron chi connectivity index (χ1n) is 6.83. The van der Waals surface area contributed by atoms with Gasteiger partial charge >= 0.3 is 0 Å². The molecule has 0 spiro atoms. The topological polar surface area (TPSA) is 27.8 Å². The summed E-state index contributed by atoms with van der Waals surface area (Å²) in [6.07, 6.45) is 3.01. The van der Waals surface area contributed by atoms with E-state index in [0.717, 1.165) is 24.5 Å². The van der Waals surface area contributed by atoms with Crippen LogP contribution < -0.4 is 5.32 Å². The molecule has 0 bridgehead atoms. The molecule has 1 heterocycles. The molecule has 0 aliphatic carbocycles. The van der Waals surface area contributed by atoms with E-state index in [9.17, 15) is 0 Å². The predicted octanol–water partition coefficient (Wildman–Crippen LogP) is 4.15. The second-order valence-electron chi connectivity index (χ2n) is 4.91. The van der Waals surface area contributed by atoms with E-state index in [2.05, 4.69) is 46.7 Å². The first-order valence-corrected chi connectivity index (χ1v) is 7.21. The third kappa shape index (κ3) is 3.03. The Morgan fingerprint density at radius 2 is 1.85 bits per heavy atom. The average Bonchev–Trinajstić information content (AvgIpc) is 2.94. The van der Waals surface area contributed by atoms with Gasteiger partial charge in [0, 0.05) is 23.3 Å². The van der Waals surface area contributed by atoms with Crippen LogP contribution in [0.2, 0.25) is 5.02 Å². The van der Waals surface area contributed by atoms with Gasteiger partial charge in [-0.3, -0.25) is 0 Å². The number of benzene rings is 2. The SMILES string of the molecule is Clc1ccc(CNCCc2cccc3cc[nH]c23)cc1. The van der Waals surface area contributed by atoms with Crippen LogP contribution in [-0.4, -0.2) is 11.5 Å². The van der Waals surface area contributed by atoms with Crippen molar-refractivity contribution < 1.29 is 0 Å². The van der Waals surface area contributed by atoms with E-state index in [1.807, 2.05) is 18.3 Å². The summed E-state index contributed by atoms with van der Waals surface area (Å²) in [5.41, 5.74) is 3.87. The van der Waals surface area contributed by atoms with Gasteiger partial charge in [0.1, 0.15) is 0 Å². The van der Waals surface area contributed by atoms with Gasteiger partial charge in [-0.25, -0.2) is 0 Å². The van der Waals surface area contributed by atoms with Crippen LogP contribution in [-0.2, 0) is 13.0 Å². The van der Waals surface area contributed by atoms with Crippen molar-refractivity contribution in [2.75, 3.05) is 6.54 Å². The first kappa shape index (κ1) is 13.2. The fourth-order valence-electron chi connectivity index (χ4n) is 2.42. The fourth-order valence-corrected chi connectivity index (χ4v) is 2.54. The van der Waals surface area contributed by atoms with Crippen LogP contribution >= 0.6 is 11.6 Å². The van der Waals surface area contributed by atoms with E-state index in [1.54, 1.807) is 0 Å². The highest BCUT2D eigenvalue weighted by atomic mass is 35.5. The number of hydrogen-bond acceptors (Lipinski definition) is 1. The number of para-hydroxylation sites is 1. The van der Waals surface area contributed by atoms with Gasteiger partial charge in [0.25, 0.3) is 0 Å². The normalized spacial score (nSPS) is 11.1. The molecular weight excluding hydrogens is 268 g/mol. The fraction of sp³-hybridized carbons (Fsp3) is 0.176. The lowest BCUT2D eigenvalue weighted by Gasteiger charge is -2.06. The smallest absolute Gasteiger partial charge is 0.0486 e. The van der Waals surface area contributed by atoms with Crippen LogP contribution in [0.25, 0.3) is 10.9 Å². The largest absolute Gasteiger partial charge is 0.361 e. The van der Waals surface area contributed by atoms with Crippen molar-refractivity contribution in [1.29, 1.82) is 0 Å². The molecule has 2 N–H and O–H groups in total. The molecule has 20 heavy (non-hydrogen) atoms. The van der Waals surface area contributed by atoms with Gasteiger partial charge in [0.05, 0.1) is 0 Å². The van der Waals surface area contributed by atoms with Gasteiger partial charge < -0.3 is 10.3 Å². The lowest BCUT2D eigenvalue weighted by Crippen LogP contribution is -2.16. The summed E-state index contributed by atoms with van der Waals surface area (Å²) in [4.78, 5) is 3.31. The highest BCUT2D eigenvalue weighted by molar-refractivity contribution is 6.30. The molecule has 2 nitrogen and oxygen atoms in total. The summed E-state index contributed by atoms with van der Waals surface area (Å²) in [6.45, 7) is 1.83. The molecule has 0 saturated carbocycles. The zero-order chi connectivity index (χ0) is 13.8. The molecule has 0 radical (unpaired) electrons. The quantitative estimate of drug-likeness (QED) is 0.677. The second kappa shape index (κ2) is 6.12. The van der Waals surface area contributed by atoms with Crippen LogP contribution in [0.5, 0.6) is 0 Å². The third-order valence-electron chi connectivity index (χ3n) is 3.49. The van der Waals surface area contributed by atoms with Gasteiger partial charge in [-0.15, -0.1) is 0 Å². The summed E-state index contributed by atoms with van der Waals surface area (Å²) in [7, 11) is 0. The number of fused-ring (bicyclic) bond motifs is 1. The summed E-state index contributed by atoms with van der Waals surface area (Å²) in [5, 5.41) is 5.53. The molecule has 1 aromatic heterocycles. The molecule has 0 saturated heterocycles. The van der Waals surface area contributed by atoms with Crippen molar-refractivity contribution in [2.24, 2.45) is 0 Å². The Labute approximate surface area is 123 Å². The average molecular weight is 285 g/mol. The van der Waals surface area contributed by atoms with Crippen LogP contribution in [0.15, 0.2) is 54.7 Å². The Balaban J connectivity index is 1.55. The van der Waals surface area contributed by atoms with Crippen LogP contribution in [0.3, 0.4) is 0 Å². The Morgan fingerprint density at radius 1 is 1.00 bits per heavy atom. The molecule has 102 valence electrons. The van der Waals surface area contributed by atoms with E-state index in [-0.39, 0.29) is 0 Å². The first-order chi connectivity index (χ1) is 9.83. The Kier molecular flexibility index (Phi) is 4.05. The highest BCUT2D eigenvalue weighted by Crippen LogP contribution is 2.17. The Hall–Kier alpha value is -1.77. The number of rotatable bonds is 5. The van der Waals surface area contributed by atoms with Crippen molar-refractivity contribution >= 4 is 22.5 Å². The van der Waals surface area contributed by atoms with Crippen molar-refractivity contribution in [3.63, 3.8) is 0 Å². The molecule has 2 aromatic carbocycles. The minimum atomic E-state index is 0.784. The second-order valence-corrected chi connectivity index (χ2v) is 5.35. The summed E-state index contributed by atoms with van der Waals surface area (Å²) in [5.74, 6) is 0. The summed E-state index contributed by atoms with van der Waals surface area (Å²) in [6, 6.07) is 16.5. The van der Waals surface area contributed by atoms with Crippen molar-refractivity contribution in [2.45, 2.75) is 13.0 Å². The van der Waals surface area contributed by atoms with Gasteiger partial charge in [0.15, 0.2) is 0 Å². The van der Waals surface area contributed by atoms with Gasteiger partial charge in [-0.1, -0.05) is 41.9 Å². The standard InChI is InChI=1S/C17H17ClN2/c18-16-6-4-13(5-7-16)12-19-10-8-14-2-1-3-15-9-11-20-17(14)15/h1-7,9,11,19-20H,8,10,12H2. The molecule has 0 atom stereocenters. The van der Waals surface area contributed by atoms with Crippen LogP contribution in [0, 0.1) is 0 Å². The van der Waals surface area contributed by atoms with Crippen molar-refractivity contribution in [3.05, 3.63) is 70.9 Å². The zero-order valence-corrected chi connectivity index (χ0v) is 12.0. The monoisotopic (exact) mass is 284 g/mol. The van der Waals surface area contributed by atoms with E-state index in [4.69, 9.17) is 11.6 Å². The maximum atomic E-state index is 5.87. The molecule has 0 unspecified atom stereocenters. The molecule has 0 aliphatic heterocycles. The molecule has 0 fully saturated rings. The minimum Gasteiger partial charge on any atom is -0.361 e. The molecule has 3 heteroatoms. The minimum absolute atomic E-state index is 0.784. The van der Waals surface area contributed by atoms with Crippen molar-refractivity contribution in [3.8, 4) is 0 Å². The van der Waals surface area contributed by atoms with Crippen LogP contribution in [0.4, 0.5) is 0 Å².